The fraction of sp³-hybridized carbons (Fsp3) is 0.727. The molecule has 0 saturated heterocycles. The number of aromatic amines is 1. The molecule has 0 aliphatic heterocycles. The third-order valence-corrected chi connectivity index (χ3v) is 4.99. The van der Waals surface area contributed by atoms with Gasteiger partial charge in [-0.15, -0.1) is 0 Å². The lowest BCUT2D eigenvalue weighted by Gasteiger charge is -2.17. The van der Waals surface area contributed by atoms with Gasteiger partial charge < -0.3 is 5.32 Å². The average molecular weight is 272 g/mol. The van der Waals surface area contributed by atoms with E-state index in [0.717, 1.165) is 19.3 Å². The Morgan fingerprint density at radius 2 is 2.28 bits per heavy atom. The molecule has 2 rings (SSSR count). The summed E-state index contributed by atoms with van der Waals surface area (Å²) < 4.78 is 27.3. The lowest BCUT2D eigenvalue weighted by Crippen LogP contribution is -2.37. The van der Waals surface area contributed by atoms with Crippen LogP contribution in [-0.2, 0) is 16.6 Å². The molecule has 18 heavy (non-hydrogen) atoms. The highest BCUT2D eigenvalue weighted by Gasteiger charge is 2.30. The lowest BCUT2D eigenvalue weighted by atomic mass is 10.1. The molecule has 1 aromatic heterocycles. The van der Waals surface area contributed by atoms with E-state index in [2.05, 4.69) is 27.2 Å². The zero-order valence-electron chi connectivity index (χ0n) is 10.7. The quantitative estimate of drug-likeness (QED) is 0.732. The molecule has 2 atom stereocenters. The number of nitrogens with one attached hydrogen (secondary N) is 3. The van der Waals surface area contributed by atoms with E-state index in [0.29, 0.717) is 18.0 Å². The summed E-state index contributed by atoms with van der Waals surface area (Å²) in [5, 5.41) is 9.51. The highest BCUT2D eigenvalue weighted by Crippen LogP contribution is 2.26. The monoisotopic (exact) mass is 272 g/mol. The van der Waals surface area contributed by atoms with Crippen molar-refractivity contribution in [1.82, 2.24) is 20.2 Å². The van der Waals surface area contributed by atoms with Gasteiger partial charge >= 0.3 is 0 Å². The summed E-state index contributed by atoms with van der Waals surface area (Å²) in [5.74, 6) is 0.399. The minimum atomic E-state index is -3.49. The number of rotatable bonds is 5. The molecule has 7 heteroatoms. The SMILES string of the molecule is CNCc1cn[nH]c1S(=O)(=O)NC1CCCC1C. The van der Waals surface area contributed by atoms with Crippen LogP contribution in [0.2, 0.25) is 0 Å². The van der Waals surface area contributed by atoms with Crippen LogP contribution in [0, 0.1) is 5.92 Å². The van der Waals surface area contributed by atoms with Crippen molar-refractivity contribution in [2.24, 2.45) is 5.92 Å². The molecule has 1 fully saturated rings. The summed E-state index contributed by atoms with van der Waals surface area (Å²) in [6.45, 7) is 2.56. The van der Waals surface area contributed by atoms with Gasteiger partial charge in [0.1, 0.15) is 0 Å². The van der Waals surface area contributed by atoms with Gasteiger partial charge in [0.05, 0.1) is 6.20 Å². The first kappa shape index (κ1) is 13.5. The van der Waals surface area contributed by atoms with Crippen LogP contribution in [0.1, 0.15) is 31.7 Å². The Kier molecular flexibility index (Phi) is 4.04. The van der Waals surface area contributed by atoms with E-state index in [9.17, 15) is 8.42 Å². The molecule has 0 amide bonds. The molecule has 1 saturated carbocycles. The maximum absolute atomic E-state index is 12.3. The Morgan fingerprint density at radius 3 is 2.89 bits per heavy atom. The summed E-state index contributed by atoms with van der Waals surface area (Å²) in [4.78, 5) is 0. The fourth-order valence-electron chi connectivity index (χ4n) is 2.43. The fourth-order valence-corrected chi connectivity index (χ4v) is 3.94. The minimum absolute atomic E-state index is 0.0423. The van der Waals surface area contributed by atoms with Crippen LogP contribution in [0.4, 0.5) is 0 Å². The van der Waals surface area contributed by atoms with Crippen molar-refractivity contribution in [2.75, 3.05) is 7.05 Å². The molecule has 3 N–H and O–H groups in total. The Hall–Kier alpha value is -0.920. The predicted octanol–water partition coefficient (Wildman–Crippen LogP) is 0.596. The minimum Gasteiger partial charge on any atom is -0.316 e. The lowest BCUT2D eigenvalue weighted by molar-refractivity contribution is 0.474. The summed E-state index contributed by atoms with van der Waals surface area (Å²) in [7, 11) is -1.72. The van der Waals surface area contributed by atoms with Crippen molar-refractivity contribution in [2.45, 2.75) is 43.8 Å². The van der Waals surface area contributed by atoms with E-state index in [-0.39, 0.29) is 11.1 Å². The van der Waals surface area contributed by atoms with Gasteiger partial charge in [-0.1, -0.05) is 13.3 Å². The van der Waals surface area contributed by atoms with Gasteiger partial charge in [0.25, 0.3) is 10.0 Å². The Balaban J connectivity index is 2.17. The van der Waals surface area contributed by atoms with Crippen molar-refractivity contribution < 1.29 is 8.42 Å². The molecule has 1 aliphatic carbocycles. The smallest absolute Gasteiger partial charge is 0.258 e. The molecule has 6 nitrogen and oxygen atoms in total. The van der Waals surface area contributed by atoms with E-state index in [1.807, 2.05) is 0 Å². The van der Waals surface area contributed by atoms with E-state index >= 15 is 0 Å². The number of H-pyrrole nitrogens is 1. The molecule has 0 spiro atoms. The zero-order valence-corrected chi connectivity index (χ0v) is 11.5. The van der Waals surface area contributed by atoms with Crippen LogP contribution in [0.15, 0.2) is 11.2 Å². The predicted molar refractivity (Wildman–Crippen MR) is 68.5 cm³/mol. The second-order valence-electron chi connectivity index (χ2n) is 4.89. The van der Waals surface area contributed by atoms with Crippen LogP contribution in [0.3, 0.4) is 0 Å². The average Bonchev–Trinajstić information content (AvgIpc) is 2.90. The van der Waals surface area contributed by atoms with Crippen LogP contribution in [0.25, 0.3) is 0 Å². The molecule has 1 aliphatic rings. The maximum atomic E-state index is 12.3. The molecule has 102 valence electrons. The molecular weight excluding hydrogens is 252 g/mol. The number of nitrogens with zero attached hydrogens (tertiary/aromatic N) is 1. The largest absolute Gasteiger partial charge is 0.316 e. The van der Waals surface area contributed by atoms with Gasteiger partial charge in [-0.05, 0) is 25.8 Å². The van der Waals surface area contributed by atoms with Crippen molar-refractivity contribution in [1.29, 1.82) is 0 Å². The van der Waals surface area contributed by atoms with Crippen molar-refractivity contribution in [3.63, 3.8) is 0 Å². The van der Waals surface area contributed by atoms with Crippen LogP contribution in [-0.4, -0.2) is 31.7 Å². The van der Waals surface area contributed by atoms with Crippen molar-refractivity contribution in [3.8, 4) is 0 Å². The van der Waals surface area contributed by atoms with Crippen LogP contribution in [0.5, 0.6) is 0 Å². The topological polar surface area (TPSA) is 86.9 Å². The molecule has 1 heterocycles. The summed E-state index contributed by atoms with van der Waals surface area (Å²) in [5.41, 5.74) is 0.663. The molecule has 0 aromatic carbocycles. The number of hydrogen-bond acceptors (Lipinski definition) is 4. The third-order valence-electron chi connectivity index (χ3n) is 3.48. The van der Waals surface area contributed by atoms with Gasteiger partial charge in [-0.2, -0.15) is 5.10 Å². The van der Waals surface area contributed by atoms with E-state index in [4.69, 9.17) is 0 Å². The first-order chi connectivity index (χ1) is 8.54. The Morgan fingerprint density at radius 1 is 1.50 bits per heavy atom. The number of sulfonamides is 1. The standard InChI is InChI=1S/C11H20N4O2S/c1-8-4-3-5-10(8)15-18(16,17)11-9(6-12-2)7-13-14-11/h7-8,10,12,15H,3-6H2,1-2H3,(H,13,14). The molecule has 2 unspecified atom stereocenters. The highest BCUT2D eigenvalue weighted by molar-refractivity contribution is 7.89. The van der Waals surface area contributed by atoms with Crippen LogP contribution < -0.4 is 10.0 Å². The second-order valence-corrected chi connectivity index (χ2v) is 6.54. The van der Waals surface area contributed by atoms with E-state index in [1.165, 1.54) is 0 Å². The van der Waals surface area contributed by atoms with Gasteiger partial charge in [-0.3, -0.25) is 5.10 Å². The summed E-state index contributed by atoms with van der Waals surface area (Å²) in [6.07, 6.45) is 4.62. The van der Waals surface area contributed by atoms with Crippen LogP contribution >= 0.6 is 0 Å². The molecule has 1 aromatic rings. The zero-order chi connectivity index (χ0) is 13.2. The summed E-state index contributed by atoms with van der Waals surface area (Å²) in [6, 6.07) is 0.0423. The normalized spacial score (nSPS) is 24.6. The molecule has 0 bridgehead atoms. The number of hydrogen-bond donors (Lipinski definition) is 3. The Labute approximate surface area is 108 Å². The van der Waals surface area contributed by atoms with Gasteiger partial charge in [0, 0.05) is 18.2 Å². The van der Waals surface area contributed by atoms with E-state index in [1.54, 1.807) is 13.2 Å². The maximum Gasteiger partial charge on any atom is 0.258 e. The van der Waals surface area contributed by atoms with Gasteiger partial charge in [-0.25, -0.2) is 13.1 Å². The summed E-state index contributed by atoms with van der Waals surface area (Å²) >= 11 is 0. The van der Waals surface area contributed by atoms with Crippen molar-refractivity contribution in [3.05, 3.63) is 11.8 Å². The van der Waals surface area contributed by atoms with Gasteiger partial charge in [0.2, 0.25) is 0 Å². The van der Waals surface area contributed by atoms with Crippen molar-refractivity contribution >= 4 is 10.0 Å². The first-order valence-electron chi connectivity index (χ1n) is 6.24. The third kappa shape index (κ3) is 2.73. The molecule has 0 radical (unpaired) electrons. The second kappa shape index (κ2) is 5.38. The van der Waals surface area contributed by atoms with E-state index < -0.39 is 10.0 Å². The molecular formula is C11H20N4O2S. The highest BCUT2D eigenvalue weighted by atomic mass is 32.2. The number of aromatic nitrogens is 2. The van der Waals surface area contributed by atoms with Gasteiger partial charge in [0.15, 0.2) is 5.03 Å². The Bertz CT molecular complexity index is 497. The first-order valence-corrected chi connectivity index (χ1v) is 7.72.